The molecule has 3 aromatic carbocycles. The number of aliphatic hydroxyl groups excluding tert-OH is 2. The smallest absolute Gasteiger partial charge is 0.416 e. The second-order valence-electron chi connectivity index (χ2n) is 8.22. The molecule has 0 spiro atoms. The number of alkyl halides is 3. The lowest BCUT2D eigenvalue weighted by Crippen LogP contribution is -2.47. The molecule has 5 nitrogen and oxygen atoms in total. The van der Waals surface area contributed by atoms with Crippen molar-refractivity contribution in [3.05, 3.63) is 82.0 Å². The van der Waals surface area contributed by atoms with Gasteiger partial charge in [0.05, 0.1) is 24.3 Å². The molecule has 0 saturated carbocycles. The summed E-state index contributed by atoms with van der Waals surface area (Å²) in [5.41, 5.74) is 4.74. The maximum absolute atomic E-state index is 13.2. The Morgan fingerprint density at radius 2 is 1.44 bits per heavy atom. The third-order valence-electron chi connectivity index (χ3n) is 5.66. The van der Waals surface area contributed by atoms with Gasteiger partial charge in [-0.3, -0.25) is 4.79 Å². The Labute approximate surface area is 196 Å². The van der Waals surface area contributed by atoms with Gasteiger partial charge in [0.1, 0.15) is 11.5 Å². The predicted octanol–water partition coefficient (Wildman–Crippen LogP) is 4.84. The monoisotopic (exact) mass is 489 g/mol. The van der Waals surface area contributed by atoms with Gasteiger partial charge in [-0.25, -0.2) is 0 Å². The Kier molecular flexibility index (Phi) is 6.64. The molecule has 0 unspecified atom stereocenters. The lowest BCUT2D eigenvalue weighted by Gasteiger charge is -2.24. The molecule has 4 rings (SSSR count). The molecule has 0 bridgehead atoms. The number of nitrogens with two attached hydrogens (primary N) is 1. The lowest BCUT2D eigenvalue weighted by molar-refractivity contribution is -0.137. The Morgan fingerprint density at radius 3 is 2.06 bits per heavy atom. The molecule has 0 aliphatic carbocycles. The van der Waals surface area contributed by atoms with Crippen LogP contribution in [0.1, 0.15) is 17.5 Å². The van der Waals surface area contributed by atoms with E-state index in [0.29, 0.717) is 29.4 Å². The van der Waals surface area contributed by atoms with Crippen LogP contribution in [0.3, 0.4) is 0 Å². The van der Waals surface area contributed by atoms with E-state index in [4.69, 9.17) is 10.5 Å². The van der Waals surface area contributed by atoms with Crippen molar-refractivity contribution in [1.29, 1.82) is 0 Å². The molecule has 0 fully saturated rings. The second-order valence-corrected chi connectivity index (χ2v) is 9.31. The molecular weight excluding hydrogens is 467 g/mol. The van der Waals surface area contributed by atoms with E-state index in [1.165, 1.54) is 23.5 Å². The van der Waals surface area contributed by atoms with E-state index < -0.39 is 17.3 Å². The molecule has 1 heterocycles. The fourth-order valence-corrected chi connectivity index (χ4v) is 4.58. The second kappa shape index (κ2) is 9.34. The highest BCUT2D eigenvalue weighted by Gasteiger charge is 2.30. The van der Waals surface area contributed by atoms with Crippen molar-refractivity contribution in [2.45, 2.75) is 24.6 Å². The minimum atomic E-state index is -4.43. The summed E-state index contributed by atoms with van der Waals surface area (Å²) >= 11 is 1.44. The number of hydrogen-bond acceptors (Lipinski definition) is 6. The highest BCUT2D eigenvalue weighted by atomic mass is 32.1. The van der Waals surface area contributed by atoms with Gasteiger partial charge in [-0.2, -0.15) is 13.2 Å². The number of aliphatic hydroxyl groups is 2. The average Bonchev–Trinajstić information content (AvgIpc) is 2.83. The Balaban J connectivity index is 1.64. The third kappa shape index (κ3) is 5.07. The van der Waals surface area contributed by atoms with E-state index in [1.54, 1.807) is 24.3 Å². The maximum atomic E-state index is 13.2. The van der Waals surface area contributed by atoms with Gasteiger partial charge in [0.2, 0.25) is 0 Å². The normalized spacial score (nSPS) is 12.4. The molecule has 0 atom stereocenters. The summed E-state index contributed by atoms with van der Waals surface area (Å²) in [5, 5.41) is 19.7. The van der Waals surface area contributed by atoms with Crippen LogP contribution in [-0.4, -0.2) is 29.0 Å². The summed E-state index contributed by atoms with van der Waals surface area (Å²) in [4.78, 5) is 13.2. The summed E-state index contributed by atoms with van der Waals surface area (Å²) in [5.74, 6) is 0.565. The van der Waals surface area contributed by atoms with Gasteiger partial charge < -0.3 is 20.7 Å². The van der Waals surface area contributed by atoms with Gasteiger partial charge >= 0.3 is 6.18 Å². The van der Waals surface area contributed by atoms with E-state index >= 15 is 0 Å². The zero-order chi connectivity index (χ0) is 24.5. The Hall–Kier alpha value is -2.98. The highest BCUT2D eigenvalue weighted by molar-refractivity contribution is 7.24. The first-order valence-electron chi connectivity index (χ1n) is 10.5. The van der Waals surface area contributed by atoms with E-state index in [0.717, 1.165) is 27.1 Å². The zero-order valence-electron chi connectivity index (χ0n) is 17.9. The first kappa shape index (κ1) is 24.2. The van der Waals surface area contributed by atoms with Crippen molar-refractivity contribution >= 4 is 31.5 Å². The number of rotatable bonds is 7. The Morgan fingerprint density at radius 1 is 0.853 bits per heavy atom. The molecule has 178 valence electrons. The van der Waals surface area contributed by atoms with Gasteiger partial charge in [-0.15, -0.1) is 11.3 Å². The summed E-state index contributed by atoms with van der Waals surface area (Å²) in [6, 6.07) is 14.9. The van der Waals surface area contributed by atoms with Crippen molar-refractivity contribution in [3.63, 3.8) is 0 Å². The van der Waals surface area contributed by atoms with Crippen molar-refractivity contribution < 1.29 is 28.1 Å². The van der Waals surface area contributed by atoms with Crippen LogP contribution in [0.2, 0.25) is 0 Å². The summed E-state index contributed by atoms with van der Waals surface area (Å²) in [6.07, 6.45) is -3.60. The highest BCUT2D eigenvalue weighted by Crippen LogP contribution is 2.33. The lowest BCUT2D eigenvalue weighted by atomic mass is 9.93. The standard InChI is InChI=1S/C25H22F3NO4S/c26-25(27,28)16-2-4-17(5-3-16)33-18-6-8-22-20(12-18)23(32)19-11-15(1-7-21(19)34-22)9-10-24(29,13-30)14-31/h1-8,11-12,30-31H,9-10,13-14,29H2. The molecule has 4 aromatic rings. The molecule has 9 heteroatoms. The quantitative estimate of drug-likeness (QED) is 0.323. The van der Waals surface area contributed by atoms with E-state index in [2.05, 4.69) is 0 Å². The fraction of sp³-hybridized carbons (Fsp3) is 0.240. The summed E-state index contributed by atoms with van der Waals surface area (Å²) < 4.78 is 45.5. The van der Waals surface area contributed by atoms with Crippen molar-refractivity contribution in [2.24, 2.45) is 5.73 Å². The first-order chi connectivity index (χ1) is 16.1. The largest absolute Gasteiger partial charge is 0.457 e. The Bertz CT molecular complexity index is 1380. The molecule has 0 saturated heterocycles. The molecule has 0 aliphatic rings. The van der Waals surface area contributed by atoms with Gasteiger partial charge in [-0.05, 0) is 73.0 Å². The molecule has 4 N–H and O–H groups in total. The van der Waals surface area contributed by atoms with E-state index in [1.807, 2.05) is 12.1 Å². The minimum Gasteiger partial charge on any atom is -0.457 e. The van der Waals surface area contributed by atoms with Crippen molar-refractivity contribution in [1.82, 2.24) is 0 Å². The third-order valence-corrected chi connectivity index (χ3v) is 6.81. The number of hydrogen-bond donors (Lipinski definition) is 3. The van der Waals surface area contributed by atoms with Crippen molar-refractivity contribution in [3.8, 4) is 11.5 Å². The van der Waals surface area contributed by atoms with E-state index in [9.17, 15) is 28.2 Å². The number of fused-ring (bicyclic) bond motifs is 2. The topological polar surface area (TPSA) is 92.8 Å². The van der Waals surface area contributed by atoms with Gasteiger partial charge in [0.25, 0.3) is 0 Å². The maximum Gasteiger partial charge on any atom is 0.416 e. The van der Waals surface area contributed by atoms with Gasteiger partial charge in [0, 0.05) is 20.2 Å². The number of ether oxygens (including phenoxy) is 1. The van der Waals surface area contributed by atoms with Crippen LogP contribution in [0.25, 0.3) is 20.2 Å². The first-order valence-corrected chi connectivity index (χ1v) is 11.3. The van der Waals surface area contributed by atoms with Gasteiger partial charge in [0.15, 0.2) is 5.43 Å². The van der Waals surface area contributed by atoms with Crippen molar-refractivity contribution in [2.75, 3.05) is 13.2 Å². The van der Waals surface area contributed by atoms with Crippen LogP contribution in [0.5, 0.6) is 11.5 Å². The van der Waals surface area contributed by atoms with Crippen LogP contribution in [0.15, 0.2) is 65.5 Å². The zero-order valence-corrected chi connectivity index (χ0v) is 18.7. The molecule has 34 heavy (non-hydrogen) atoms. The van der Waals surface area contributed by atoms with Crippen LogP contribution in [-0.2, 0) is 12.6 Å². The van der Waals surface area contributed by atoms with Crippen LogP contribution < -0.4 is 15.9 Å². The summed E-state index contributed by atoms with van der Waals surface area (Å²) in [6.45, 7) is -0.698. The predicted molar refractivity (Wildman–Crippen MR) is 127 cm³/mol. The molecule has 0 amide bonds. The van der Waals surface area contributed by atoms with Crippen LogP contribution in [0.4, 0.5) is 13.2 Å². The SMILES string of the molecule is NC(CO)(CO)CCc1ccc2sc3ccc(Oc4ccc(C(F)(F)F)cc4)cc3c(=O)c2c1. The van der Waals surface area contributed by atoms with Crippen LogP contribution in [0, 0.1) is 0 Å². The summed E-state index contributed by atoms with van der Waals surface area (Å²) in [7, 11) is 0. The fourth-order valence-electron chi connectivity index (χ4n) is 3.55. The van der Waals surface area contributed by atoms with Gasteiger partial charge in [-0.1, -0.05) is 6.07 Å². The minimum absolute atomic E-state index is 0.188. The molecule has 0 aliphatic heterocycles. The average molecular weight is 490 g/mol. The number of benzene rings is 3. The molecular formula is C25H22F3NO4S. The number of aryl methyl sites for hydroxylation is 1. The molecule has 1 aromatic heterocycles. The van der Waals surface area contributed by atoms with E-state index in [-0.39, 0.29) is 24.4 Å². The van der Waals surface area contributed by atoms with Crippen LogP contribution >= 0.6 is 11.3 Å². The molecule has 0 radical (unpaired) electrons. The number of halogens is 3.